The Hall–Kier alpha value is -2.04. The molecule has 1 aliphatic rings. The van der Waals surface area contributed by atoms with Crippen LogP contribution in [0.15, 0.2) is 42.5 Å². The van der Waals surface area contributed by atoms with E-state index in [0.717, 1.165) is 42.9 Å². The van der Waals surface area contributed by atoms with Crippen molar-refractivity contribution in [3.05, 3.63) is 58.9 Å². The molecule has 1 fully saturated rings. The summed E-state index contributed by atoms with van der Waals surface area (Å²) in [6.07, 6.45) is 3.43. The fourth-order valence-corrected chi connectivity index (χ4v) is 4.02. The molecule has 2 heterocycles. The van der Waals surface area contributed by atoms with Gasteiger partial charge in [-0.2, -0.15) is 0 Å². The molecule has 4 nitrogen and oxygen atoms in total. The summed E-state index contributed by atoms with van der Waals surface area (Å²) in [5.74, 6) is 2.40. The highest BCUT2D eigenvalue weighted by molar-refractivity contribution is 6.32. The molecule has 0 aliphatic carbocycles. The maximum atomic E-state index is 6.21. The van der Waals surface area contributed by atoms with Crippen molar-refractivity contribution < 1.29 is 4.74 Å². The number of hydrogen-bond donors (Lipinski definition) is 1. The lowest BCUT2D eigenvalue weighted by molar-refractivity contribution is 0.176. The molecule has 1 aliphatic heterocycles. The Kier molecular flexibility index (Phi) is 5.14. The number of methoxy groups -OCH3 is 1. The zero-order valence-corrected chi connectivity index (χ0v) is 15.8. The largest absolute Gasteiger partial charge is 0.495 e. The van der Waals surface area contributed by atoms with Crippen molar-refractivity contribution in [2.75, 3.05) is 20.2 Å². The van der Waals surface area contributed by atoms with Gasteiger partial charge in [0.25, 0.3) is 0 Å². The van der Waals surface area contributed by atoms with Crippen molar-refractivity contribution in [2.24, 2.45) is 5.92 Å². The Morgan fingerprint density at radius 1 is 1.19 bits per heavy atom. The zero-order chi connectivity index (χ0) is 17.9. The van der Waals surface area contributed by atoms with Gasteiger partial charge in [0.2, 0.25) is 0 Å². The molecule has 2 aromatic carbocycles. The van der Waals surface area contributed by atoms with E-state index in [4.69, 9.17) is 21.3 Å². The normalized spacial score (nSPS) is 16.2. The van der Waals surface area contributed by atoms with E-state index in [2.05, 4.69) is 40.2 Å². The number of nitrogens with zero attached hydrogens (tertiary/aromatic N) is 2. The monoisotopic (exact) mass is 369 g/mol. The third-order valence-electron chi connectivity index (χ3n) is 5.24. The number of imidazole rings is 1. The molecule has 1 aromatic heterocycles. The van der Waals surface area contributed by atoms with Crippen molar-refractivity contribution >= 4 is 22.6 Å². The summed E-state index contributed by atoms with van der Waals surface area (Å²) in [5, 5.41) is 0.615. The van der Waals surface area contributed by atoms with E-state index in [1.807, 2.05) is 12.1 Å². The number of aromatic amines is 1. The van der Waals surface area contributed by atoms with Gasteiger partial charge in [-0.1, -0.05) is 41.9 Å². The maximum absolute atomic E-state index is 6.21. The number of piperidine rings is 1. The second kappa shape index (κ2) is 7.68. The van der Waals surface area contributed by atoms with Crippen LogP contribution < -0.4 is 4.74 Å². The molecule has 0 atom stereocenters. The summed E-state index contributed by atoms with van der Waals surface area (Å²) in [4.78, 5) is 10.7. The number of ether oxygens (including phenoxy) is 1. The Labute approximate surface area is 159 Å². The number of nitrogens with one attached hydrogen (secondary N) is 1. The maximum Gasteiger partial charge on any atom is 0.139 e. The summed E-state index contributed by atoms with van der Waals surface area (Å²) in [7, 11) is 1.63. The van der Waals surface area contributed by atoms with Crippen LogP contribution in [0.25, 0.3) is 11.0 Å². The number of fused-ring (bicyclic) bond motifs is 1. The van der Waals surface area contributed by atoms with Gasteiger partial charge in [0.15, 0.2) is 0 Å². The third kappa shape index (κ3) is 3.87. The average molecular weight is 370 g/mol. The van der Waals surface area contributed by atoms with E-state index in [1.54, 1.807) is 7.11 Å². The molecular formula is C21H24ClN3O. The Morgan fingerprint density at radius 2 is 1.96 bits per heavy atom. The van der Waals surface area contributed by atoms with Gasteiger partial charge in [-0.15, -0.1) is 0 Å². The molecule has 136 valence electrons. The number of benzene rings is 2. The lowest BCUT2D eigenvalue weighted by Crippen LogP contribution is -2.33. The second-order valence-electron chi connectivity index (χ2n) is 7.10. The first kappa shape index (κ1) is 17.4. The van der Waals surface area contributed by atoms with Crippen molar-refractivity contribution in [1.29, 1.82) is 0 Å². The van der Waals surface area contributed by atoms with Gasteiger partial charge < -0.3 is 9.72 Å². The van der Waals surface area contributed by atoms with Crippen LogP contribution in [0.3, 0.4) is 0 Å². The van der Waals surface area contributed by atoms with Crippen molar-refractivity contribution in [1.82, 2.24) is 14.9 Å². The molecule has 5 heteroatoms. The first-order chi connectivity index (χ1) is 12.7. The van der Waals surface area contributed by atoms with Gasteiger partial charge in [-0.05, 0) is 43.5 Å². The fourth-order valence-electron chi connectivity index (χ4n) is 3.78. The molecule has 3 aromatic rings. The molecule has 0 bridgehead atoms. The molecule has 0 amide bonds. The van der Waals surface area contributed by atoms with Gasteiger partial charge in [0, 0.05) is 19.0 Å². The van der Waals surface area contributed by atoms with Crippen LogP contribution >= 0.6 is 11.6 Å². The van der Waals surface area contributed by atoms with Gasteiger partial charge in [-0.3, -0.25) is 4.90 Å². The number of likely N-dealkylation sites (tertiary alicyclic amines) is 1. The molecule has 0 unspecified atom stereocenters. The van der Waals surface area contributed by atoms with Gasteiger partial charge >= 0.3 is 0 Å². The Bertz CT molecular complexity index is 870. The highest BCUT2D eigenvalue weighted by Crippen LogP contribution is 2.30. The first-order valence-corrected chi connectivity index (χ1v) is 9.57. The second-order valence-corrected chi connectivity index (χ2v) is 7.50. The average Bonchev–Trinajstić information content (AvgIpc) is 3.04. The number of rotatable bonds is 5. The van der Waals surface area contributed by atoms with Crippen molar-refractivity contribution in [3.63, 3.8) is 0 Å². The van der Waals surface area contributed by atoms with Gasteiger partial charge in [-0.25, -0.2) is 4.98 Å². The van der Waals surface area contributed by atoms with E-state index in [9.17, 15) is 0 Å². The number of halogens is 1. The highest BCUT2D eigenvalue weighted by atomic mass is 35.5. The molecule has 1 N–H and O–H groups in total. The zero-order valence-electron chi connectivity index (χ0n) is 15.0. The van der Waals surface area contributed by atoms with Gasteiger partial charge in [0.05, 0.1) is 23.2 Å². The summed E-state index contributed by atoms with van der Waals surface area (Å²) in [6.45, 7) is 3.36. The van der Waals surface area contributed by atoms with E-state index in [0.29, 0.717) is 16.7 Å². The van der Waals surface area contributed by atoms with E-state index in [-0.39, 0.29) is 0 Å². The van der Waals surface area contributed by atoms with Gasteiger partial charge in [0.1, 0.15) is 11.6 Å². The smallest absolute Gasteiger partial charge is 0.139 e. The van der Waals surface area contributed by atoms with Crippen LogP contribution in [-0.4, -0.2) is 35.1 Å². The quantitative estimate of drug-likeness (QED) is 0.710. The van der Waals surface area contributed by atoms with E-state index < -0.39 is 0 Å². The van der Waals surface area contributed by atoms with E-state index in [1.165, 1.54) is 18.4 Å². The van der Waals surface area contributed by atoms with Crippen LogP contribution in [0.2, 0.25) is 5.02 Å². The summed E-state index contributed by atoms with van der Waals surface area (Å²) in [5.41, 5.74) is 3.30. The first-order valence-electron chi connectivity index (χ1n) is 9.19. The number of H-pyrrole nitrogens is 1. The number of aromatic nitrogens is 2. The summed E-state index contributed by atoms with van der Waals surface area (Å²) in [6, 6.07) is 14.5. The van der Waals surface area contributed by atoms with E-state index >= 15 is 0 Å². The Morgan fingerprint density at radius 3 is 2.69 bits per heavy atom. The summed E-state index contributed by atoms with van der Waals surface area (Å²) < 4.78 is 5.28. The fraction of sp³-hybridized carbons (Fsp3) is 0.381. The molecule has 26 heavy (non-hydrogen) atoms. The Balaban J connectivity index is 1.36. The molecule has 1 saturated heterocycles. The van der Waals surface area contributed by atoms with Crippen LogP contribution in [0.5, 0.6) is 5.75 Å². The predicted molar refractivity (Wildman–Crippen MR) is 106 cm³/mol. The lowest BCUT2D eigenvalue weighted by atomic mass is 9.93. The minimum absolute atomic E-state index is 0.615. The van der Waals surface area contributed by atoms with Crippen LogP contribution in [0.4, 0.5) is 0 Å². The molecule has 0 spiro atoms. The molecule has 4 rings (SSSR count). The minimum Gasteiger partial charge on any atom is -0.495 e. The standard InChI is InChI=1S/C21H24ClN3O/c1-26-20-13-19-18(12-17(20)22)23-21(24-19)11-15-7-9-25(10-8-15)14-16-5-3-2-4-6-16/h2-6,12-13,15H,7-11,14H2,1H3,(H,23,24). The van der Waals surface area contributed by atoms with Crippen LogP contribution in [0, 0.1) is 5.92 Å². The van der Waals surface area contributed by atoms with Crippen LogP contribution in [-0.2, 0) is 13.0 Å². The van der Waals surface area contributed by atoms with Crippen LogP contribution in [0.1, 0.15) is 24.2 Å². The lowest BCUT2D eigenvalue weighted by Gasteiger charge is -2.31. The third-order valence-corrected chi connectivity index (χ3v) is 5.54. The molecule has 0 radical (unpaired) electrons. The van der Waals surface area contributed by atoms with Crippen molar-refractivity contribution in [3.8, 4) is 5.75 Å². The molecular weight excluding hydrogens is 346 g/mol. The minimum atomic E-state index is 0.615. The SMILES string of the molecule is COc1cc2nc(CC3CCN(Cc4ccccc4)CC3)[nH]c2cc1Cl. The highest BCUT2D eigenvalue weighted by Gasteiger charge is 2.21. The summed E-state index contributed by atoms with van der Waals surface area (Å²) >= 11 is 6.21. The topological polar surface area (TPSA) is 41.1 Å². The predicted octanol–water partition coefficient (Wildman–Crippen LogP) is 4.68. The van der Waals surface area contributed by atoms with Crippen molar-refractivity contribution in [2.45, 2.75) is 25.8 Å². The molecule has 0 saturated carbocycles. The number of hydrogen-bond acceptors (Lipinski definition) is 3.